The van der Waals surface area contributed by atoms with Crippen LogP contribution in [0.15, 0.2) is 72.8 Å². The van der Waals surface area contributed by atoms with Crippen molar-refractivity contribution >= 4 is 16.7 Å². The number of ether oxygens (including phenoxy) is 2. The smallest absolute Gasteiger partial charge is 0.260 e. The second-order valence-electron chi connectivity index (χ2n) is 5.69. The van der Waals surface area contributed by atoms with E-state index in [2.05, 4.69) is 5.32 Å². The highest BCUT2D eigenvalue weighted by Crippen LogP contribution is 2.24. The van der Waals surface area contributed by atoms with Crippen molar-refractivity contribution < 1.29 is 14.3 Å². The molecule has 1 atom stereocenters. The van der Waals surface area contributed by atoms with Crippen molar-refractivity contribution in [1.82, 2.24) is 5.32 Å². The maximum atomic E-state index is 12.1. The number of para-hydroxylation sites is 1. The third kappa shape index (κ3) is 4.51. The molecule has 1 amide bonds. The summed E-state index contributed by atoms with van der Waals surface area (Å²) in [6, 6.07) is 23.3. The standard InChI is InChI=1S/C21H21NO3/c1-16(25-18-10-3-2-4-11-18)21(23)22-14-15-24-20-13-7-9-17-8-5-6-12-19(17)20/h2-13,16H,14-15H2,1H3,(H,22,23). The number of amides is 1. The zero-order chi connectivity index (χ0) is 17.5. The van der Waals surface area contributed by atoms with Gasteiger partial charge in [-0.3, -0.25) is 4.79 Å². The Balaban J connectivity index is 1.47. The lowest BCUT2D eigenvalue weighted by molar-refractivity contribution is -0.127. The van der Waals surface area contributed by atoms with Crippen LogP contribution in [-0.4, -0.2) is 25.2 Å². The van der Waals surface area contributed by atoms with Crippen LogP contribution in [-0.2, 0) is 4.79 Å². The van der Waals surface area contributed by atoms with Gasteiger partial charge in [-0.1, -0.05) is 54.6 Å². The van der Waals surface area contributed by atoms with Gasteiger partial charge in [0.1, 0.15) is 18.1 Å². The van der Waals surface area contributed by atoms with E-state index in [1.165, 1.54) is 0 Å². The molecule has 0 aromatic heterocycles. The van der Waals surface area contributed by atoms with Gasteiger partial charge in [0.25, 0.3) is 5.91 Å². The van der Waals surface area contributed by atoms with Gasteiger partial charge in [-0.05, 0) is 30.5 Å². The predicted molar refractivity (Wildman–Crippen MR) is 99.0 cm³/mol. The summed E-state index contributed by atoms with van der Waals surface area (Å²) in [5, 5.41) is 5.03. The van der Waals surface area contributed by atoms with Crippen molar-refractivity contribution in [3.05, 3.63) is 72.8 Å². The Bertz CT molecular complexity index is 827. The lowest BCUT2D eigenvalue weighted by Crippen LogP contribution is -2.38. The Morgan fingerprint density at radius 2 is 1.68 bits per heavy atom. The van der Waals surface area contributed by atoms with Crippen molar-refractivity contribution in [3.8, 4) is 11.5 Å². The highest BCUT2D eigenvalue weighted by Gasteiger charge is 2.13. The molecule has 1 N–H and O–H groups in total. The maximum Gasteiger partial charge on any atom is 0.260 e. The van der Waals surface area contributed by atoms with Gasteiger partial charge in [-0.15, -0.1) is 0 Å². The van der Waals surface area contributed by atoms with E-state index in [-0.39, 0.29) is 5.91 Å². The minimum atomic E-state index is -0.556. The van der Waals surface area contributed by atoms with Crippen LogP contribution in [0.4, 0.5) is 0 Å². The summed E-state index contributed by atoms with van der Waals surface area (Å²) in [5.74, 6) is 1.34. The van der Waals surface area contributed by atoms with E-state index < -0.39 is 6.10 Å². The minimum absolute atomic E-state index is 0.162. The molecule has 1 unspecified atom stereocenters. The van der Waals surface area contributed by atoms with Crippen LogP contribution in [0.1, 0.15) is 6.92 Å². The van der Waals surface area contributed by atoms with Crippen molar-refractivity contribution in [2.45, 2.75) is 13.0 Å². The van der Waals surface area contributed by atoms with Crippen molar-refractivity contribution in [3.63, 3.8) is 0 Å². The number of carbonyl (C=O) groups excluding carboxylic acids is 1. The van der Waals surface area contributed by atoms with Crippen LogP contribution >= 0.6 is 0 Å². The topological polar surface area (TPSA) is 47.6 Å². The van der Waals surface area contributed by atoms with Gasteiger partial charge in [0.05, 0.1) is 6.54 Å². The number of hydrogen-bond acceptors (Lipinski definition) is 3. The summed E-state index contributed by atoms with van der Waals surface area (Å²) in [7, 11) is 0. The number of benzene rings is 3. The highest BCUT2D eigenvalue weighted by molar-refractivity contribution is 5.88. The second-order valence-corrected chi connectivity index (χ2v) is 5.69. The fourth-order valence-electron chi connectivity index (χ4n) is 2.56. The summed E-state index contributed by atoms with van der Waals surface area (Å²) >= 11 is 0. The monoisotopic (exact) mass is 335 g/mol. The average Bonchev–Trinajstić information content (AvgIpc) is 2.66. The Morgan fingerprint density at radius 3 is 2.52 bits per heavy atom. The molecule has 4 heteroatoms. The molecule has 0 aliphatic rings. The molecule has 3 aromatic rings. The fourth-order valence-corrected chi connectivity index (χ4v) is 2.56. The van der Waals surface area contributed by atoms with E-state index in [9.17, 15) is 4.79 Å². The molecule has 0 spiro atoms. The maximum absolute atomic E-state index is 12.1. The van der Waals surface area contributed by atoms with Gasteiger partial charge in [0, 0.05) is 5.39 Å². The quantitative estimate of drug-likeness (QED) is 0.668. The molecule has 4 nitrogen and oxygen atoms in total. The number of carbonyl (C=O) groups is 1. The Morgan fingerprint density at radius 1 is 0.960 bits per heavy atom. The van der Waals surface area contributed by atoms with Gasteiger partial charge >= 0.3 is 0 Å². The first kappa shape index (κ1) is 16.8. The van der Waals surface area contributed by atoms with Crippen LogP contribution in [0.5, 0.6) is 11.5 Å². The summed E-state index contributed by atoms with van der Waals surface area (Å²) in [6.45, 7) is 2.55. The van der Waals surface area contributed by atoms with E-state index >= 15 is 0 Å². The van der Waals surface area contributed by atoms with Crippen LogP contribution in [0.3, 0.4) is 0 Å². The van der Waals surface area contributed by atoms with Crippen LogP contribution < -0.4 is 14.8 Å². The molecule has 3 aromatic carbocycles. The number of rotatable bonds is 7. The third-order valence-corrected chi connectivity index (χ3v) is 3.83. The average molecular weight is 335 g/mol. The van der Waals surface area contributed by atoms with Gasteiger partial charge in [0.2, 0.25) is 0 Å². The lowest BCUT2D eigenvalue weighted by atomic mass is 10.1. The first-order valence-corrected chi connectivity index (χ1v) is 8.34. The first-order chi connectivity index (χ1) is 12.2. The molecule has 0 saturated carbocycles. The molecular weight excluding hydrogens is 314 g/mol. The largest absolute Gasteiger partial charge is 0.491 e. The van der Waals surface area contributed by atoms with Crippen molar-refractivity contribution in [2.24, 2.45) is 0 Å². The van der Waals surface area contributed by atoms with Crippen LogP contribution in [0.25, 0.3) is 10.8 Å². The lowest BCUT2D eigenvalue weighted by Gasteiger charge is -2.15. The normalized spacial score (nSPS) is 11.7. The first-order valence-electron chi connectivity index (χ1n) is 8.34. The van der Waals surface area contributed by atoms with Crippen LogP contribution in [0.2, 0.25) is 0 Å². The van der Waals surface area contributed by atoms with Crippen molar-refractivity contribution in [2.75, 3.05) is 13.2 Å². The predicted octanol–water partition coefficient (Wildman–Crippen LogP) is 3.80. The van der Waals surface area contributed by atoms with E-state index in [4.69, 9.17) is 9.47 Å². The molecule has 0 saturated heterocycles. The Labute approximate surface area is 147 Å². The molecular formula is C21H21NO3. The SMILES string of the molecule is CC(Oc1ccccc1)C(=O)NCCOc1cccc2ccccc12. The van der Waals surface area contributed by atoms with Gasteiger partial charge in [-0.2, -0.15) is 0 Å². The van der Waals surface area contributed by atoms with Crippen LogP contribution in [0, 0.1) is 0 Å². The zero-order valence-corrected chi connectivity index (χ0v) is 14.1. The minimum Gasteiger partial charge on any atom is -0.491 e. The molecule has 3 rings (SSSR count). The molecule has 0 radical (unpaired) electrons. The number of nitrogens with one attached hydrogen (secondary N) is 1. The third-order valence-electron chi connectivity index (χ3n) is 3.83. The number of hydrogen-bond donors (Lipinski definition) is 1. The summed E-state index contributed by atoms with van der Waals surface area (Å²) in [4.78, 5) is 12.1. The molecule has 0 aliphatic carbocycles. The molecule has 0 bridgehead atoms. The van der Waals surface area contributed by atoms with Crippen molar-refractivity contribution in [1.29, 1.82) is 0 Å². The fraction of sp³-hybridized carbons (Fsp3) is 0.190. The molecule has 128 valence electrons. The molecule has 0 aliphatic heterocycles. The van der Waals surface area contributed by atoms with Gasteiger partial charge in [-0.25, -0.2) is 0 Å². The molecule has 25 heavy (non-hydrogen) atoms. The van der Waals surface area contributed by atoms with E-state index in [1.807, 2.05) is 72.8 Å². The Kier molecular flexibility index (Phi) is 5.52. The summed E-state index contributed by atoms with van der Waals surface area (Å²) in [5.41, 5.74) is 0. The van der Waals surface area contributed by atoms with Gasteiger partial charge in [0.15, 0.2) is 6.10 Å². The summed E-state index contributed by atoms with van der Waals surface area (Å²) in [6.07, 6.45) is -0.556. The molecule has 0 heterocycles. The van der Waals surface area contributed by atoms with E-state index in [1.54, 1.807) is 6.92 Å². The van der Waals surface area contributed by atoms with E-state index in [0.717, 1.165) is 16.5 Å². The van der Waals surface area contributed by atoms with Gasteiger partial charge < -0.3 is 14.8 Å². The Hall–Kier alpha value is -3.01. The molecule has 0 fully saturated rings. The van der Waals surface area contributed by atoms with E-state index in [0.29, 0.717) is 18.9 Å². The summed E-state index contributed by atoms with van der Waals surface area (Å²) < 4.78 is 11.4. The highest BCUT2D eigenvalue weighted by atomic mass is 16.5. The number of fused-ring (bicyclic) bond motifs is 1. The zero-order valence-electron chi connectivity index (χ0n) is 14.1. The second kappa shape index (κ2) is 8.20.